The molecule has 0 unspecified atom stereocenters. The van der Waals surface area contributed by atoms with Gasteiger partial charge in [-0.1, -0.05) is 82.4 Å². The number of benzene rings is 1. The second kappa shape index (κ2) is 73.7. The molecule has 22 nitrogen and oxygen atoms in total. The molecule has 23 N–H and O–H groups in total. The summed E-state index contributed by atoms with van der Waals surface area (Å²) in [4.78, 5) is 0. The van der Waals surface area contributed by atoms with Gasteiger partial charge in [-0.3, -0.25) is 0 Å². The Bertz CT molecular complexity index is 2090. The van der Waals surface area contributed by atoms with Gasteiger partial charge in [0.25, 0.3) is 0 Å². The van der Waals surface area contributed by atoms with Crippen LogP contribution >= 0.6 is 80.8 Å². The van der Waals surface area contributed by atoms with Crippen LogP contribution in [0.1, 0.15) is 168 Å². The quantitative estimate of drug-likeness (QED) is 0.141. The van der Waals surface area contributed by atoms with Crippen LogP contribution in [0.5, 0.6) is 5.75 Å². The fraction of sp³-hybridized carbons (Fsp3) is 0.918. The third-order valence-corrected chi connectivity index (χ3v) is 21.8. The van der Waals surface area contributed by atoms with Crippen molar-refractivity contribution in [3.63, 3.8) is 0 Å². The monoisotopic (exact) mass is 1840 g/mol. The summed E-state index contributed by atoms with van der Waals surface area (Å²) in [5.41, 5.74) is 6.79. The Morgan fingerprint density at radius 2 is 0.542 bits per heavy atom. The minimum absolute atomic E-state index is 0.00694. The van der Waals surface area contributed by atoms with E-state index in [0.717, 1.165) is 189 Å². The van der Waals surface area contributed by atoms with E-state index in [1.54, 1.807) is 6.07 Å². The van der Waals surface area contributed by atoms with Crippen molar-refractivity contribution in [3.8, 4) is 5.75 Å². The fourth-order valence-corrected chi connectivity index (χ4v) is 16.0. The van der Waals surface area contributed by atoms with E-state index >= 15 is 0 Å². The molecule has 9 fully saturated rings. The van der Waals surface area contributed by atoms with Crippen LogP contribution in [-0.2, 0) is 59.0 Å². The van der Waals surface area contributed by atoms with E-state index in [4.69, 9.17) is 86.5 Å². The summed E-state index contributed by atoms with van der Waals surface area (Å²) in [6.45, 7) is 33.6. The number of fused-ring (bicyclic) bond motifs is 5. The van der Waals surface area contributed by atoms with Gasteiger partial charge in [0.2, 0.25) is 0 Å². The number of phenolic OH excluding ortho intramolecular Hbond substituents is 1. The van der Waals surface area contributed by atoms with E-state index in [1.807, 2.05) is 18.2 Å². The summed E-state index contributed by atoms with van der Waals surface area (Å²) in [5.74, 6) is 0.400. The Morgan fingerprint density at radius 1 is 0.308 bits per heavy atom. The van der Waals surface area contributed by atoms with Gasteiger partial charge in [-0.2, -0.15) is 0 Å². The zero-order valence-electron chi connectivity index (χ0n) is 65.2. The summed E-state index contributed by atoms with van der Waals surface area (Å²) >= 11 is 0.0278. The van der Waals surface area contributed by atoms with Crippen molar-refractivity contribution in [2.75, 3.05) is 170 Å². The van der Waals surface area contributed by atoms with Crippen molar-refractivity contribution in [1.29, 1.82) is 0 Å². The first-order valence-corrected chi connectivity index (χ1v) is 54.0. The third-order valence-electron chi connectivity index (χ3n) is 21.8. The van der Waals surface area contributed by atoms with Gasteiger partial charge in [0.05, 0.1) is 0 Å². The number of nitrogens with one attached hydrogen (secondary N) is 20. The molecule has 1 aromatic carbocycles. The topological polar surface area (TPSA) is 287 Å². The number of halogens is 8. The summed E-state index contributed by atoms with van der Waals surface area (Å²) in [5, 5.41) is 83.9. The molecule has 10 rings (SSSR count). The Labute approximate surface area is 708 Å². The molecular formula is C73H149Cl8Mn4N21O. The van der Waals surface area contributed by atoms with Crippen molar-refractivity contribution in [1.82, 2.24) is 106 Å². The van der Waals surface area contributed by atoms with Crippen LogP contribution in [0.15, 0.2) is 24.3 Å². The molecule has 4 aliphatic heterocycles. The molecule has 9 aliphatic rings. The van der Waals surface area contributed by atoms with Crippen LogP contribution in [0.3, 0.4) is 0 Å². The zero-order valence-corrected chi connectivity index (χ0v) is 75.9. The molecule has 0 aromatic heterocycles. The molecule has 0 amide bonds. The first-order valence-electron chi connectivity index (χ1n) is 41.0. The SMILES string of the molecule is C1CC[C@H]2NCCNCCNCCNCCN[C@@H]2C1.C[C@@H]1CN[C@@H](C)CN[C@@H]2CCCC[C@H]2NCCN[C@@H](C)CN1.NCCC[C@H]1CN[C@@H]2CCCC[C@H]2NCCN[C@@H]2CCCC[C@H]2NCCN1.Oc1ccccc1C[C@@H]1CN[C@@H]2CCCC[C@H]2NCCNCCNCCN1.[Cl][Mn][Cl].[Cl][Mn][Cl].[Cl][Mn][Cl].[Cl][Mn][Cl]. The zero-order chi connectivity index (χ0) is 77.3. The average Bonchev–Trinajstić information content (AvgIpc) is 1.71. The number of hydrogen-bond donors (Lipinski definition) is 22. The molecule has 15 atom stereocenters. The van der Waals surface area contributed by atoms with Gasteiger partial charge < -0.3 is 117 Å². The first kappa shape index (κ1) is 104. The molecule has 4 saturated heterocycles. The molecule has 0 spiro atoms. The van der Waals surface area contributed by atoms with Gasteiger partial charge in [-0.15, -0.1) is 0 Å². The number of aromatic hydroxyl groups is 1. The first-order chi connectivity index (χ1) is 52.5. The van der Waals surface area contributed by atoms with Gasteiger partial charge in [0.15, 0.2) is 0 Å². The predicted molar refractivity (Wildman–Crippen MR) is 447 cm³/mol. The van der Waals surface area contributed by atoms with Crippen molar-refractivity contribution < 1.29 is 57.6 Å². The third kappa shape index (κ3) is 53.7. The molecule has 5 aliphatic carbocycles. The fourth-order valence-electron chi connectivity index (χ4n) is 16.0. The standard InChI is InChI=1S/C21H44N6.C21H37N5O.C17H37N5.C14H31N5.8ClH.4Mn/c22-11-5-6-17-16-27-21-10-4-3-9-20(21)26-15-14-25-19-8-2-1-7-18(19)24-13-12-23-17;27-21-8-4-1-5-17(21)15-18-16-26-20-7-3-2-6-19(20)25-14-12-23-10-9-22-11-13-24-18;1-13-10-20-14(2)11-21-15(3)12-22-17-7-5-4-6-16(17)19-9-8-18-13;1-2-4-14-13(3-1)18-11-9-16-7-5-15-6-8-17-10-12-19-14;;;;;;;;;;;;/h17-21,23-27H,1-16,22H2;1,4-5,8,18-20,22-27H,2-3,6-7,9-16H2;13-22H,4-12H2,1-3H3;13-19H,1-12H2;8*1H;;;;/q;;;;;;;;;;;;4*+2/p-8/t17-,18+,19+,20+,21+;18-,19-,20-;13-,14+,15-,16+,17+;13-,14-;;;;;;;;;;;;/m0101............/s1. The second-order valence-electron chi connectivity index (χ2n) is 29.9. The van der Waals surface area contributed by atoms with E-state index in [1.165, 1.54) is 135 Å². The van der Waals surface area contributed by atoms with Crippen molar-refractivity contribution in [2.45, 2.75) is 259 Å². The van der Waals surface area contributed by atoms with Gasteiger partial charge in [0, 0.05) is 254 Å². The van der Waals surface area contributed by atoms with E-state index in [-0.39, 0.29) is 52.5 Å². The second-order valence-corrected chi connectivity index (χ2v) is 37.7. The molecule has 0 radical (unpaired) electrons. The van der Waals surface area contributed by atoms with Crippen LogP contribution in [0.25, 0.3) is 0 Å². The summed E-state index contributed by atoms with van der Waals surface area (Å²) in [7, 11) is 38.4. The summed E-state index contributed by atoms with van der Waals surface area (Å²) < 4.78 is 0. The Kier molecular flexibility index (Phi) is 71.5. The number of phenols is 1. The van der Waals surface area contributed by atoms with Gasteiger partial charge in [0.1, 0.15) is 5.75 Å². The summed E-state index contributed by atoms with van der Waals surface area (Å²) in [6.07, 6.45) is 29.8. The van der Waals surface area contributed by atoms with Crippen LogP contribution in [0.2, 0.25) is 0 Å². The maximum atomic E-state index is 10.2. The minimum atomic E-state index is 0.00694. The van der Waals surface area contributed by atoms with Crippen LogP contribution in [0, 0.1) is 0 Å². The molecule has 34 heteroatoms. The van der Waals surface area contributed by atoms with E-state index in [2.05, 4.69) is 127 Å². The van der Waals surface area contributed by atoms with Crippen LogP contribution in [0.4, 0.5) is 0 Å². The molecule has 4 heterocycles. The average molecular weight is 1840 g/mol. The molecule has 5 saturated carbocycles. The normalized spacial score (nSPS) is 31.6. The van der Waals surface area contributed by atoms with Gasteiger partial charge in [-0.05, 0) is 122 Å². The molecule has 107 heavy (non-hydrogen) atoms. The van der Waals surface area contributed by atoms with Gasteiger partial charge >= 0.3 is 133 Å². The molecule has 636 valence electrons. The van der Waals surface area contributed by atoms with Crippen molar-refractivity contribution in [3.05, 3.63) is 29.8 Å². The number of para-hydroxylation sites is 1. The summed E-state index contributed by atoms with van der Waals surface area (Å²) in [6, 6.07) is 16.3. The Morgan fingerprint density at radius 3 is 0.869 bits per heavy atom. The Balaban J connectivity index is 0.000000354. The molecule has 0 bridgehead atoms. The van der Waals surface area contributed by atoms with E-state index < -0.39 is 0 Å². The van der Waals surface area contributed by atoms with Gasteiger partial charge in [-0.25, -0.2) is 0 Å². The maximum absolute atomic E-state index is 10.2. The van der Waals surface area contributed by atoms with E-state index in [9.17, 15) is 5.11 Å². The Hall–Kier alpha value is 2.58. The van der Waals surface area contributed by atoms with Crippen LogP contribution in [-0.4, -0.2) is 266 Å². The number of nitrogens with two attached hydrogens (primary N) is 1. The number of hydrogen-bond acceptors (Lipinski definition) is 22. The predicted octanol–water partition coefficient (Wildman–Crippen LogP) is 6.44. The van der Waals surface area contributed by atoms with Crippen molar-refractivity contribution >= 4 is 80.8 Å². The van der Waals surface area contributed by atoms with Crippen LogP contribution < -0.4 is 112 Å². The molecular weight excluding hydrogens is 1690 g/mol. The van der Waals surface area contributed by atoms with Crippen molar-refractivity contribution in [2.24, 2.45) is 5.73 Å². The molecule has 1 aromatic rings. The van der Waals surface area contributed by atoms with E-state index in [0.29, 0.717) is 96.4 Å². The number of rotatable bonds is 5.